The molecule has 0 amide bonds. The molecule has 0 radical (unpaired) electrons. The number of nitrogens with zero attached hydrogens (tertiary/aromatic N) is 1. The van der Waals surface area contributed by atoms with Gasteiger partial charge < -0.3 is 10.2 Å². The van der Waals surface area contributed by atoms with Gasteiger partial charge in [-0.3, -0.25) is 0 Å². The topological polar surface area (TPSA) is 64.2 Å². The first-order valence-corrected chi connectivity index (χ1v) is 13.0. The third-order valence-electron chi connectivity index (χ3n) is 10.5. The van der Waals surface area contributed by atoms with Crippen LogP contribution in [0.15, 0.2) is 11.6 Å². The number of nitriles is 1. The van der Waals surface area contributed by atoms with E-state index in [1.165, 1.54) is 32.1 Å². The van der Waals surface area contributed by atoms with Crippen molar-refractivity contribution < 1.29 is 10.2 Å². The van der Waals surface area contributed by atoms with Crippen molar-refractivity contribution in [2.45, 2.75) is 111 Å². The molecule has 0 aromatic heterocycles. The van der Waals surface area contributed by atoms with Crippen LogP contribution >= 0.6 is 0 Å². The lowest BCUT2D eigenvalue weighted by molar-refractivity contribution is -0.0434. The number of allylic oxidation sites excluding steroid dienone is 1. The molecule has 4 aliphatic rings. The van der Waals surface area contributed by atoms with Gasteiger partial charge in [-0.15, -0.1) is 0 Å². The summed E-state index contributed by atoms with van der Waals surface area (Å²) >= 11 is 0. The lowest BCUT2D eigenvalue weighted by atomic mass is 9.49. The van der Waals surface area contributed by atoms with Crippen LogP contribution in [0, 0.1) is 57.7 Å². The van der Waals surface area contributed by atoms with Crippen LogP contribution in [0.3, 0.4) is 0 Å². The maximum absolute atomic E-state index is 10.6. The van der Waals surface area contributed by atoms with Crippen LogP contribution in [0.2, 0.25) is 0 Å². The Morgan fingerprint density at radius 3 is 2.52 bits per heavy atom. The summed E-state index contributed by atoms with van der Waals surface area (Å²) in [5, 5.41) is 30.4. The molecule has 3 fully saturated rings. The maximum atomic E-state index is 10.6. The third-order valence-corrected chi connectivity index (χ3v) is 10.5. The number of hydrogen-bond donors (Lipinski definition) is 2. The molecule has 3 unspecified atom stereocenters. The molecule has 4 aliphatic carbocycles. The Labute approximate surface area is 190 Å². The molecule has 0 aliphatic heterocycles. The van der Waals surface area contributed by atoms with Crippen LogP contribution in [0.4, 0.5) is 0 Å². The van der Waals surface area contributed by atoms with Gasteiger partial charge >= 0.3 is 0 Å². The van der Waals surface area contributed by atoms with E-state index in [0.29, 0.717) is 11.3 Å². The molecular weight excluding hydrogens is 382 g/mol. The highest BCUT2D eigenvalue weighted by molar-refractivity contribution is 5.26. The zero-order chi connectivity index (χ0) is 22.6. The second kappa shape index (κ2) is 8.18. The highest BCUT2D eigenvalue weighted by Gasteiger charge is 2.55. The molecule has 2 N–H and O–H groups in total. The molecule has 174 valence electrons. The van der Waals surface area contributed by atoms with Crippen molar-refractivity contribution in [3.05, 3.63) is 11.6 Å². The van der Waals surface area contributed by atoms with Crippen LogP contribution in [-0.4, -0.2) is 21.9 Å². The lowest BCUT2D eigenvalue weighted by Gasteiger charge is -2.56. The van der Waals surface area contributed by atoms with Crippen molar-refractivity contribution in [2.24, 2.45) is 46.3 Å². The first-order chi connectivity index (χ1) is 14.5. The number of fused-ring (bicyclic) bond motifs is 5. The van der Waals surface area contributed by atoms with Gasteiger partial charge in [0.05, 0.1) is 23.2 Å². The van der Waals surface area contributed by atoms with Gasteiger partial charge in [0, 0.05) is 0 Å². The molecule has 0 heterocycles. The summed E-state index contributed by atoms with van der Waals surface area (Å²) in [6.07, 6.45) is 13.4. The van der Waals surface area contributed by atoms with Crippen molar-refractivity contribution in [3.8, 4) is 6.07 Å². The molecule has 0 aromatic carbocycles. The van der Waals surface area contributed by atoms with Crippen molar-refractivity contribution in [1.29, 1.82) is 5.26 Å². The summed E-state index contributed by atoms with van der Waals surface area (Å²) in [6, 6.07) is 2.27. The first-order valence-electron chi connectivity index (χ1n) is 13.0. The summed E-state index contributed by atoms with van der Waals surface area (Å²) < 4.78 is 0. The monoisotopic (exact) mass is 427 g/mol. The van der Waals surface area contributed by atoms with E-state index in [0.717, 1.165) is 61.7 Å². The summed E-state index contributed by atoms with van der Waals surface area (Å²) in [7, 11) is 0. The number of aliphatic hydroxyl groups excluding tert-OH is 1. The van der Waals surface area contributed by atoms with E-state index in [1.54, 1.807) is 5.57 Å². The molecule has 3 heteroatoms. The first kappa shape index (κ1) is 23.3. The van der Waals surface area contributed by atoms with Crippen LogP contribution in [0.5, 0.6) is 0 Å². The molecule has 3 saturated carbocycles. The average molecular weight is 428 g/mol. The van der Waals surface area contributed by atoms with Crippen LogP contribution in [0.1, 0.15) is 98.8 Å². The zero-order valence-electron chi connectivity index (χ0n) is 20.5. The molecule has 9 atom stereocenters. The largest absolute Gasteiger partial charge is 0.391 e. The Hall–Kier alpha value is -0.850. The fourth-order valence-corrected chi connectivity index (χ4v) is 8.28. The molecule has 4 rings (SSSR count). The van der Waals surface area contributed by atoms with E-state index in [4.69, 9.17) is 0 Å². The van der Waals surface area contributed by atoms with Crippen molar-refractivity contribution in [1.82, 2.24) is 0 Å². The minimum atomic E-state index is -0.651. The Kier molecular flexibility index (Phi) is 6.15. The van der Waals surface area contributed by atoms with Gasteiger partial charge in [0.25, 0.3) is 0 Å². The van der Waals surface area contributed by atoms with Crippen molar-refractivity contribution in [3.63, 3.8) is 0 Å². The summed E-state index contributed by atoms with van der Waals surface area (Å²) in [5.41, 5.74) is 0.712. The normalized spacial score (nSPS) is 44.3. The van der Waals surface area contributed by atoms with Gasteiger partial charge in [-0.25, -0.2) is 0 Å². The number of rotatable bonds is 5. The van der Waals surface area contributed by atoms with Crippen LogP contribution in [0.25, 0.3) is 0 Å². The van der Waals surface area contributed by atoms with Crippen molar-refractivity contribution in [2.75, 3.05) is 0 Å². The SMILES string of the molecule is C[C@H](CC[C@H](O)C(C)(C)C#N)[C@H]1CCC2C3CC=C4C[C@@](C)(O)CC[C@]4(C)C3CC[C@@H]21. The summed E-state index contributed by atoms with van der Waals surface area (Å²) in [5.74, 6) is 4.76. The van der Waals surface area contributed by atoms with E-state index in [-0.39, 0.29) is 0 Å². The molecule has 0 aromatic rings. The molecule has 3 nitrogen and oxygen atoms in total. The second-order valence-electron chi connectivity index (χ2n) is 12.9. The predicted octanol–water partition coefficient (Wildman–Crippen LogP) is 6.25. The Balaban J connectivity index is 1.42. The molecule has 0 bridgehead atoms. The minimum absolute atomic E-state index is 0.312. The fourth-order valence-electron chi connectivity index (χ4n) is 8.28. The van der Waals surface area contributed by atoms with E-state index in [2.05, 4.69) is 26.0 Å². The maximum Gasteiger partial charge on any atom is 0.0776 e. The predicted molar refractivity (Wildman–Crippen MR) is 125 cm³/mol. The standard InChI is InChI=1S/C28H45NO2/c1-18(6-13-25(30)26(2,3)17-29)20-9-10-22-21(20)11-12-24-23(22)8-7-19-16-27(4,31)14-15-28(19,24)5/h7,18,20-25,30-31H,6,8-16H2,1-5H3/t18-,20-,21-,22?,23?,24?,25+,27+,28+/m1/s1. The Morgan fingerprint density at radius 1 is 1.10 bits per heavy atom. The molecule has 0 spiro atoms. The van der Waals surface area contributed by atoms with Crippen LogP contribution < -0.4 is 0 Å². The van der Waals surface area contributed by atoms with Gasteiger partial charge in [-0.1, -0.05) is 25.5 Å². The summed E-state index contributed by atoms with van der Waals surface area (Å²) in [4.78, 5) is 0. The quantitative estimate of drug-likeness (QED) is 0.509. The summed E-state index contributed by atoms with van der Waals surface area (Å²) in [6.45, 7) is 10.6. The smallest absolute Gasteiger partial charge is 0.0776 e. The van der Waals surface area contributed by atoms with Crippen molar-refractivity contribution >= 4 is 0 Å². The average Bonchev–Trinajstić information content (AvgIpc) is 3.16. The van der Waals surface area contributed by atoms with Gasteiger partial charge in [-0.05, 0) is 126 Å². The van der Waals surface area contributed by atoms with E-state index < -0.39 is 17.1 Å². The van der Waals surface area contributed by atoms with E-state index in [1.807, 2.05) is 20.8 Å². The van der Waals surface area contributed by atoms with E-state index in [9.17, 15) is 15.5 Å². The van der Waals surface area contributed by atoms with Gasteiger partial charge in [0.15, 0.2) is 0 Å². The fraction of sp³-hybridized carbons (Fsp3) is 0.893. The molecule has 0 saturated heterocycles. The third kappa shape index (κ3) is 4.13. The zero-order valence-corrected chi connectivity index (χ0v) is 20.5. The lowest BCUT2D eigenvalue weighted by Crippen LogP contribution is -2.49. The van der Waals surface area contributed by atoms with E-state index >= 15 is 0 Å². The minimum Gasteiger partial charge on any atom is -0.391 e. The Bertz CT molecular complexity index is 747. The molecule has 31 heavy (non-hydrogen) atoms. The number of hydrogen-bond acceptors (Lipinski definition) is 3. The molecular formula is C28H45NO2. The highest BCUT2D eigenvalue weighted by Crippen LogP contribution is 2.63. The van der Waals surface area contributed by atoms with Gasteiger partial charge in [0.2, 0.25) is 0 Å². The van der Waals surface area contributed by atoms with Gasteiger partial charge in [-0.2, -0.15) is 5.26 Å². The van der Waals surface area contributed by atoms with Crippen LogP contribution in [-0.2, 0) is 0 Å². The number of aliphatic hydroxyl groups is 2. The highest BCUT2D eigenvalue weighted by atomic mass is 16.3. The van der Waals surface area contributed by atoms with Gasteiger partial charge in [0.1, 0.15) is 0 Å². The Morgan fingerprint density at radius 2 is 1.81 bits per heavy atom. The second-order valence-corrected chi connectivity index (χ2v) is 12.9.